The number of quaternary nitrogens is 1. The highest BCUT2D eigenvalue weighted by atomic mass is 35.5. The lowest BCUT2D eigenvalue weighted by Crippen LogP contribution is -2.57. The van der Waals surface area contributed by atoms with Gasteiger partial charge in [0.25, 0.3) is 0 Å². The Bertz CT molecular complexity index is 4700. The molecule has 1 aliphatic rings. The molecule has 4 N–H and O–H groups in total. The first-order valence-electron chi connectivity index (χ1n) is 34.5. The highest BCUT2D eigenvalue weighted by Gasteiger charge is 2.34. The molecule has 574 valence electrons. The van der Waals surface area contributed by atoms with E-state index in [1.54, 1.807) is 71.5 Å². The number of azide groups is 1. The molecular formula is C77H82ClF4N13O13S. The summed E-state index contributed by atoms with van der Waals surface area (Å²) in [4.78, 5) is 87.6. The van der Waals surface area contributed by atoms with Crippen LogP contribution in [0.2, 0.25) is 5.02 Å². The van der Waals surface area contributed by atoms with Gasteiger partial charge in [0.1, 0.15) is 84.4 Å². The number of halogens is 5. The Labute approximate surface area is 635 Å². The number of aliphatic carboxylic acids is 1. The Balaban J connectivity index is 0.00000186. The van der Waals surface area contributed by atoms with Crippen molar-refractivity contribution in [3.63, 3.8) is 0 Å². The van der Waals surface area contributed by atoms with Gasteiger partial charge in [-0.2, -0.15) is 13.2 Å². The van der Waals surface area contributed by atoms with Crippen LogP contribution in [0.1, 0.15) is 54.3 Å². The molecule has 0 spiro atoms. The van der Waals surface area contributed by atoms with E-state index in [-0.39, 0.29) is 44.6 Å². The number of aromatic nitrogens is 4. The molecule has 0 saturated carbocycles. The summed E-state index contributed by atoms with van der Waals surface area (Å²) in [5.74, 6) is -2.56. The number of carbonyl (C=O) groups is 5. The minimum Gasteiger partial charge on any atom is -0.542 e. The molecule has 0 bridgehead atoms. The molecule has 1 fully saturated rings. The predicted octanol–water partition coefficient (Wildman–Crippen LogP) is 11.8. The number of benzene rings is 6. The number of anilines is 1. The van der Waals surface area contributed by atoms with Gasteiger partial charge in [-0.1, -0.05) is 97.3 Å². The average molecular weight is 1540 g/mol. The highest BCUT2D eigenvalue weighted by Crippen LogP contribution is 2.50. The number of hydrogen-bond acceptors (Lipinski definition) is 21. The molecule has 6 aromatic carbocycles. The van der Waals surface area contributed by atoms with Crippen LogP contribution in [0.25, 0.3) is 53.6 Å². The summed E-state index contributed by atoms with van der Waals surface area (Å²) in [5, 5.41) is 24.4. The number of ether oxygens (including phenoxy) is 7. The van der Waals surface area contributed by atoms with E-state index in [9.17, 15) is 36.7 Å². The summed E-state index contributed by atoms with van der Waals surface area (Å²) < 4.78 is 88.9. The molecule has 1 saturated heterocycles. The van der Waals surface area contributed by atoms with E-state index in [0.717, 1.165) is 64.3 Å². The summed E-state index contributed by atoms with van der Waals surface area (Å²) in [6.07, 6.45) is -4.28. The molecule has 0 unspecified atom stereocenters. The predicted molar refractivity (Wildman–Crippen MR) is 399 cm³/mol. The van der Waals surface area contributed by atoms with E-state index in [2.05, 4.69) is 48.2 Å². The van der Waals surface area contributed by atoms with Crippen LogP contribution in [0.4, 0.5) is 28.0 Å². The fourth-order valence-electron chi connectivity index (χ4n) is 11.8. The number of fused-ring (bicyclic) bond motifs is 1. The first-order chi connectivity index (χ1) is 52.3. The van der Waals surface area contributed by atoms with Crippen molar-refractivity contribution in [1.82, 2.24) is 40.8 Å². The van der Waals surface area contributed by atoms with E-state index in [1.165, 1.54) is 29.8 Å². The van der Waals surface area contributed by atoms with Gasteiger partial charge in [0.15, 0.2) is 5.82 Å². The van der Waals surface area contributed by atoms with Crippen molar-refractivity contribution in [3.05, 3.63) is 201 Å². The van der Waals surface area contributed by atoms with Gasteiger partial charge in [-0.3, -0.25) is 14.5 Å². The van der Waals surface area contributed by atoms with Crippen molar-refractivity contribution in [3.8, 4) is 61.8 Å². The van der Waals surface area contributed by atoms with Crippen LogP contribution in [0.5, 0.6) is 28.9 Å². The van der Waals surface area contributed by atoms with Gasteiger partial charge < -0.3 is 68.8 Å². The highest BCUT2D eigenvalue weighted by molar-refractivity contribution is 7.22. The lowest BCUT2D eigenvalue weighted by Gasteiger charge is -2.42. The number of alkyl carbamates (subject to hydrolysis) is 1. The summed E-state index contributed by atoms with van der Waals surface area (Å²) in [5.41, 5.74) is 16.7. The number of methoxy groups -OCH3 is 2. The maximum absolute atomic E-state index is 14.7. The molecule has 1 aliphatic heterocycles. The van der Waals surface area contributed by atoms with Crippen LogP contribution in [-0.4, -0.2) is 164 Å². The van der Waals surface area contributed by atoms with Crippen LogP contribution in [0, 0.1) is 18.7 Å². The SMILES string of the molecule is CNCc1cc(NC(=O)[C@H](C)NC(=O)[C@@H](NC(=O)OCCN=[N+]=[N-])C(C)C)ccc1C[N+]1(C)CCN(CCOc2ccc(-c3c(-c4ccc(F)cc4)sc4ncnc(O[C@H](Cc5ccccc5OCc5ccnc(-c6ccccc6OC)n5)C(=O)OCc5ccc(OC)cc5)c34)c(C)c2Cl)CC1.O=C([O-])C(F)(F)F. The van der Waals surface area contributed by atoms with Gasteiger partial charge in [-0.05, 0) is 132 Å². The second kappa shape index (κ2) is 38.5. The minimum absolute atomic E-state index is 0.00570. The van der Waals surface area contributed by atoms with Crippen LogP contribution < -0.4 is 50.1 Å². The van der Waals surface area contributed by atoms with E-state index in [0.29, 0.717) is 103 Å². The molecule has 3 aromatic heterocycles. The summed E-state index contributed by atoms with van der Waals surface area (Å²) in [7, 11) is 7.30. The van der Waals surface area contributed by atoms with Gasteiger partial charge in [0.05, 0.1) is 69.2 Å². The lowest BCUT2D eigenvalue weighted by molar-refractivity contribution is -0.926. The Morgan fingerprint density at radius 1 is 0.789 bits per heavy atom. The topological polar surface area (TPSA) is 325 Å². The smallest absolute Gasteiger partial charge is 0.430 e. The number of rotatable bonds is 32. The summed E-state index contributed by atoms with van der Waals surface area (Å²) in [6, 6.07) is 37.8. The number of carboxylic acid groups (broad SMARTS) is 1. The Hall–Kier alpha value is -11.2. The molecule has 0 radical (unpaired) electrons. The number of alkyl halides is 3. The van der Waals surface area contributed by atoms with Crippen molar-refractivity contribution in [2.45, 2.75) is 84.8 Å². The zero-order valence-corrected chi connectivity index (χ0v) is 62.6. The van der Waals surface area contributed by atoms with Gasteiger partial charge in [0.2, 0.25) is 23.8 Å². The van der Waals surface area contributed by atoms with Crippen molar-refractivity contribution < 1.29 is 84.3 Å². The molecule has 9 aromatic rings. The number of para-hydroxylation sites is 2. The fraction of sp³-hybridized carbons (Fsp3) is 0.338. The number of esters is 1. The molecule has 4 heterocycles. The number of hydrogen-bond donors (Lipinski definition) is 4. The van der Waals surface area contributed by atoms with Crippen molar-refractivity contribution in [1.29, 1.82) is 0 Å². The van der Waals surface area contributed by atoms with Crippen LogP contribution in [0.3, 0.4) is 0 Å². The first kappa shape index (κ1) is 81.9. The zero-order chi connectivity index (χ0) is 78.4. The molecular weight excluding hydrogens is 1460 g/mol. The molecule has 10 rings (SSSR count). The molecule has 0 aliphatic carbocycles. The summed E-state index contributed by atoms with van der Waals surface area (Å²) in [6.45, 7) is 12.5. The third-order valence-electron chi connectivity index (χ3n) is 17.7. The van der Waals surface area contributed by atoms with Crippen molar-refractivity contribution in [2.24, 2.45) is 11.0 Å². The largest absolute Gasteiger partial charge is 0.542 e. The number of piperazine rings is 1. The van der Waals surface area contributed by atoms with Crippen LogP contribution in [-0.2, 0) is 61.4 Å². The zero-order valence-electron chi connectivity index (χ0n) is 61.0. The Morgan fingerprint density at radius 2 is 1.50 bits per heavy atom. The fourth-order valence-corrected chi connectivity index (χ4v) is 13.2. The second-order valence-corrected chi connectivity index (χ2v) is 27.2. The standard InChI is InChI=1S/C75H81ClFN13O11S.C2HF3O2/c1-46(2)67(87-75(94)98-37-31-83-88-78)71(92)84-48(4)70(91)86-55-24-21-52(53(39-55)41-79-5)42-90(6)35-32-89(33-36-90)34-38-97-62-28-27-58(47(3)66(62)76)64-65-72(81-45-82-73(65)102-68(64)50-19-22-54(77)23-20-50)101-63(74(93)100-43-49-17-25-57(95-7)26-18-49)40-51-13-9-11-15-60(51)99-44-56-29-30-80-69(85-56)59-14-10-12-16-61(59)96-8;3-2(4,5)1(6)7/h9-30,39,45-46,48,63,67,79H,31-38,40-44H2,1-8H3,(H2-,84,86,87,91,92,94);(H,6,7)/t48-,63+,67-;/m0./s1. The number of thiophene rings is 1. The maximum atomic E-state index is 14.7. The maximum Gasteiger partial charge on any atom is 0.430 e. The van der Waals surface area contributed by atoms with E-state index in [4.69, 9.17) is 75.1 Å². The van der Waals surface area contributed by atoms with Gasteiger partial charge in [-0.15, -0.1) is 11.3 Å². The number of nitrogens with one attached hydrogen (secondary N) is 4. The van der Waals surface area contributed by atoms with Crippen molar-refractivity contribution in [2.75, 3.05) is 86.1 Å². The van der Waals surface area contributed by atoms with Crippen molar-refractivity contribution >= 4 is 68.7 Å². The van der Waals surface area contributed by atoms with E-state index >= 15 is 0 Å². The number of carbonyl (C=O) groups excluding carboxylic acids is 5. The van der Waals surface area contributed by atoms with E-state index in [1.807, 2.05) is 105 Å². The quantitative estimate of drug-likeness (QED) is 0.00579. The number of carboxylic acids is 1. The minimum atomic E-state index is -5.19. The van der Waals surface area contributed by atoms with Crippen LogP contribution >= 0.6 is 22.9 Å². The molecule has 26 nitrogen and oxygen atoms in total. The average Bonchev–Trinajstić information content (AvgIpc) is 1.60. The molecule has 3 atom stereocenters. The second-order valence-electron chi connectivity index (χ2n) is 25.8. The molecule has 32 heteroatoms. The Kier molecular flexibility index (Phi) is 28.9. The van der Waals surface area contributed by atoms with Crippen LogP contribution in [0.15, 0.2) is 151 Å². The number of nitrogens with zero attached hydrogens (tertiary/aromatic N) is 9. The first-order valence-corrected chi connectivity index (χ1v) is 35.7. The molecule has 109 heavy (non-hydrogen) atoms. The molecule has 3 amide bonds. The Morgan fingerprint density at radius 3 is 2.19 bits per heavy atom. The number of likely N-dealkylation sites (N-methyl/N-ethyl adjacent to an activating group) is 1. The lowest BCUT2D eigenvalue weighted by atomic mass is 9.96. The van der Waals surface area contributed by atoms with E-state index < -0.39 is 60.0 Å². The monoisotopic (exact) mass is 1540 g/mol. The third kappa shape index (κ3) is 22.5. The normalized spacial score (nSPS) is 13.4. The van der Waals surface area contributed by atoms with Gasteiger partial charge >= 0.3 is 18.2 Å². The third-order valence-corrected chi connectivity index (χ3v) is 19.3. The van der Waals surface area contributed by atoms with Gasteiger partial charge in [0, 0.05) is 65.4 Å². The van der Waals surface area contributed by atoms with Gasteiger partial charge in [-0.25, -0.2) is 33.9 Å². The summed E-state index contributed by atoms with van der Waals surface area (Å²) >= 11 is 8.72. The number of amides is 3.